The molecule has 6 rings (SSSR count). The summed E-state index contributed by atoms with van der Waals surface area (Å²) in [5.41, 5.74) is 0.929. The van der Waals surface area contributed by atoms with Crippen LogP contribution in [0.2, 0.25) is 0 Å². The zero-order valence-electron chi connectivity index (χ0n) is 23.1. The maximum Gasteiger partial charge on any atom is 0.247 e. The lowest BCUT2D eigenvalue weighted by atomic mass is 9.84. The Morgan fingerprint density at radius 3 is 1.09 bits per heavy atom. The summed E-state index contributed by atoms with van der Waals surface area (Å²) in [6.07, 6.45) is 1.03. The first kappa shape index (κ1) is 27.6. The van der Waals surface area contributed by atoms with Crippen molar-refractivity contribution in [3.8, 4) is 34.4 Å². The van der Waals surface area contributed by atoms with Crippen molar-refractivity contribution >= 4 is 0 Å². The van der Waals surface area contributed by atoms with E-state index in [0.717, 1.165) is 16.7 Å². The van der Waals surface area contributed by atoms with E-state index >= 15 is 0 Å². The third-order valence-corrected chi connectivity index (χ3v) is 7.26. The first-order chi connectivity index (χ1) is 21.1. The highest BCUT2D eigenvalue weighted by Crippen LogP contribution is 2.31. The monoisotopic (exact) mass is 577 g/mol. The zero-order valence-corrected chi connectivity index (χ0v) is 23.1. The molecule has 12 nitrogen and oxygen atoms in total. The molecule has 0 saturated heterocycles. The Balaban J connectivity index is 1.21. The second-order valence-corrected chi connectivity index (χ2v) is 10.1. The fraction of sp³-hybridized carbons (Fsp3) is 0.226. The Morgan fingerprint density at radius 2 is 0.814 bits per heavy atom. The molecule has 0 aliphatic heterocycles. The molecule has 12 heteroatoms. The van der Waals surface area contributed by atoms with Crippen LogP contribution in [0.3, 0.4) is 0 Å². The summed E-state index contributed by atoms with van der Waals surface area (Å²) in [4.78, 5) is 12.5. The van der Waals surface area contributed by atoms with E-state index in [4.69, 9.17) is 13.3 Å². The topological polar surface area (TPSA) is 160 Å². The minimum absolute atomic E-state index is 0.135. The Labute approximate surface area is 246 Å². The van der Waals surface area contributed by atoms with Crippen LogP contribution in [0, 0.1) is 10.1 Å². The molecule has 0 saturated carbocycles. The van der Waals surface area contributed by atoms with Gasteiger partial charge in [0.2, 0.25) is 40.9 Å². The van der Waals surface area contributed by atoms with E-state index in [0.29, 0.717) is 35.3 Å². The second-order valence-electron chi connectivity index (χ2n) is 10.1. The van der Waals surface area contributed by atoms with Crippen molar-refractivity contribution < 1.29 is 18.2 Å². The van der Waals surface area contributed by atoms with Crippen molar-refractivity contribution in [2.75, 3.05) is 0 Å². The van der Waals surface area contributed by atoms with Crippen LogP contribution in [0.25, 0.3) is 34.4 Å². The third-order valence-electron chi connectivity index (χ3n) is 7.26. The number of nitrogens with zero attached hydrogens (tertiary/aromatic N) is 7. The standard InChI is InChI=1S/C31H27N7O5/c39-38(40)31(19-16-25-32-35-28(41-25)22-10-4-1-5-11-22,20-17-26-33-36-29(42-26)23-12-6-2-7-13-23)21-18-27-34-37-30(43-27)24-14-8-3-9-15-24/h1-15H,16-21H2. The van der Waals surface area contributed by atoms with E-state index < -0.39 is 5.54 Å². The van der Waals surface area contributed by atoms with Crippen LogP contribution in [0.15, 0.2) is 104 Å². The number of hydrogen-bond donors (Lipinski definition) is 0. The van der Waals surface area contributed by atoms with Crippen molar-refractivity contribution in [2.24, 2.45) is 0 Å². The fourth-order valence-corrected chi connectivity index (χ4v) is 4.82. The summed E-state index contributed by atoms with van der Waals surface area (Å²) >= 11 is 0. The molecular weight excluding hydrogens is 550 g/mol. The van der Waals surface area contributed by atoms with E-state index in [-0.39, 0.29) is 43.4 Å². The molecule has 6 aromatic rings. The molecule has 3 aromatic heterocycles. The predicted molar refractivity (Wildman–Crippen MR) is 154 cm³/mol. The summed E-state index contributed by atoms with van der Waals surface area (Å²) in [5.74, 6) is 2.04. The molecule has 216 valence electrons. The van der Waals surface area contributed by atoms with Crippen LogP contribution in [0.1, 0.15) is 36.9 Å². The van der Waals surface area contributed by atoms with Crippen LogP contribution in [-0.2, 0) is 19.3 Å². The maximum absolute atomic E-state index is 12.8. The van der Waals surface area contributed by atoms with Gasteiger partial charge in [-0.05, 0) is 36.4 Å². The molecule has 0 fully saturated rings. The van der Waals surface area contributed by atoms with E-state index in [1.807, 2.05) is 91.0 Å². The number of rotatable bonds is 13. The number of aryl methyl sites for hydroxylation is 3. The number of hydrogen-bond acceptors (Lipinski definition) is 11. The summed E-state index contributed by atoms with van der Waals surface area (Å²) in [7, 11) is 0. The van der Waals surface area contributed by atoms with Gasteiger partial charge < -0.3 is 13.3 Å². The second kappa shape index (κ2) is 12.6. The van der Waals surface area contributed by atoms with Crippen molar-refractivity contribution in [1.29, 1.82) is 0 Å². The van der Waals surface area contributed by atoms with Crippen molar-refractivity contribution in [3.05, 3.63) is 119 Å². The molecule has 0 bridgehead atoms. The van der Waals surface area contributed by atoms with Crippen LogP contribution in [0.4, 0.5) is 0 Å². The molecule has 43 heavy (non-hydrogen) atoms. The van der Waals surface area contributed by atoms with Crippen LogP contribution >= 0.6 is 0 Å². The molecule has 3 heterocycles. The minimum Gasteiger partial charge on any atom is -0.421 e. The summed E-state index contributed by atoms with van der Waals surface area (Å²) < 4.78 is 17.5. The highest BCUT2D eigenvalue weighted by Gasteiger charge is 2.43. The van der Waals surface area contributed by atoms with E-state index in [2.05, 4.69) is 30.6 Å². The van der Waals surface area contributed by atoms with Gasteiger partial charge in [-0.3, -0.25) is 10.1 Å². The quantitative estimate of drug-likeness (QED) is 0.116. The van der Waals surface area contributed by atoms with Crippen LogP contribution in [0.5, 0.6) is 0 Å². The molecule has 0 aliphatic rings. The smallest absolute Gasteiger partial charge is 0.247 e. The average Bonchev–Trinajstić information content (AvgIpc) is 3.84. The largest absolute Gasteiger partial charge is 0.421 e. The van der Waals surface area contributed by atoms with Gasteiger partial charge in [-0.1, -0.05) is 54.6 Å². The molecule has 0 radical (unpaired) electrons. The Bertz CT molecular complexity index is 1570. The van der Waals surface area contributed by atoms with Gasteiger partial charge in [0.15, 0.2) is 0 Å². The zero-order chi connectivity index (χ0) is 29.5. The number of nitro groups is 1. The molecule has 0 amide bonds. The van der Waals surface area contributed by atoms with E-state index in [9.17, 15) is 10.1 Å². The van der Waals surface area contributed by atoms with Gasteiger partial charge in [0.1, 0.15) is 0 Å². The SMILES string of the molecule is O=[N+]([O-])C(CCc1nnc(-c2ccccc2)o1)(CCc1nnc(-c2ccccc2)o1)CCc1nnc(-c2ccccc2)o1. The molecule has 0 unspecified atom stereocenters. The molecule has 0 aliphatic carbocycles. The van der Waals surface area contributed by atoms with Gasteiger partial charge in [-0.2, -0.15) is 0 Å². The van der Waals surface area contributed by atoms with Gasteiger partial charge in [0.25, 0.3) is 0 Å². The Morgan fingerprint density at radius 1 is 0.512 bits per heavy atom. The first-order valence-corrected chi connectivity index (χ1v) is 13.9. The third kappa shape index (κ3) is 6.53. The van der Waals surface area contributed by atoms with E-state index in [1.54, 1.807) is 0 Å². The molecule has 0 atom stereocenters. The summed E-state index contributed by atoms with van der Waals surface area (Å²) in [6.45, 7) is 0. The lowest BCUT2D eigenvalue weighted by Gasteiger charge is -2.24. The van der Waals surface area contributed by atoms with Gasteiger partial charge in [-0.25, -0.2) is 0 Å². The summed E-state index contributed by atoms with van der Waals surface area (Å²) in [6, 6.07) is 28.1. The number of benzene rings is 3. The maximum atomic E-state index is 12.8. The van der Waals surface area contributed by atoms with Crippen LogP contribution in [-0.4, -0.2) is 41.1 Å². The number of aromatic nitrogens is 6. The minimum atomic E-state index is -1.40. The lowest BCUT2D eigenvalue weighted by molar-refractivity contribution is -0.574. The van der Waals surface area contributed by atoms with Gasteiger partial charge in [0, 0.05) is 60.1 Å². The van der Waals surface area contributed by atoms with Gasteiger partial charge >= 0.3 is 0 Å². The fourth-order valence-electron chi connectivity index (χ4n) is 4.82. The molecular formula is C31H27N7O5. The first-order valence-electron chi connectivity index (χ1n) is 13.9. The van der Waals surface area contributed by atoms with Crippen LogP contribution < -0.4 is 0 Å². The Hall–Kier alpha value is -5.52. The highest BCUT2D eigenvalue weighted by molar-refractivity contribution is 5.53. The predicted octanol–water partition coefficient (Wildman–Crippen LogP) is 6.05. The van der Waals surface area contributed by atoms with Gasteiger partial charge in [0.05, 0.1) is 0 Å². The summed E-state index contributed by atoms with van der Waals surface area (Å²) in [5, 5.41) is 37.6. The normalized spacial score (nSPS) is 11.5. The molecule has 0 N–H and O–H groups in total. The Kier molecular flexibility index (Phi) is 8.07. The highest BCUT2D eigenvalue weighted by atomic mass is 16.6. The van der Waals surface area contributed by atoms with Crippen molar-refractivity contribution in [2.45, 2.75) is 44.1 Å². The lowest BCUT2D eigenvalue weighted by Crippen LogP contribution is -2.40. The van der Waals surface area contributed by atoms with Crippen molar-refractivity contribution in [1.82, 2.24) is 30.6 Å². The average molecular weight is 578 g/mol. The molecule has 3 aromatic carbocycles. The molecule has 0 spiro atoms. The van der Waals surface area contributed by atoms with Crippen molar-refractivity contribution in [3.63, 3.8) is 0 Å². The van der Waals surface area contributed by atoms with E-state index in [1.165, 1.54) is 0 Å². The van der Waals surface area contributed by atoms with Gasteiger partial charge in [-0.15, -0.1) is 30.6 Å².